The number of aryl methyl sites for hydroxylation is 2. The van der Waals surface area contributed by atoms with E-state index in [2.05, 4.69) is 15.1 Å². The van der Waals surface area contributed by atoms with Crippen LogP contribution in [0.4, 0.5) is 0 Å². The van der Waals surface area contributed by atoms with Crippen molar-refractivity contribution in [3.05, 3.63) is 57.9 Å². The van der Waals surface area contributed by atoms with Crippen molar-refractivity contribution < 1.29 is 14.3 Å². The zero-order chi connectivity index (χ0) is 22.7. The Labute approximate surface area is 185 Å². The van der Waals surface area contributed by atoms with Gasteiger partial charge in [0.1, 0.15) is 11.3 Å². The van der Waals surface area contributed by atoms with Gasteiger partial charge in [0, 0.05) is 55.4 Å². The third-order valence-corrected chi connectivity index (χ3v) is 6.01. The topological polar surface area (TPSA) is 110 Å². The molecule has 1 aliphatic rings. The number of piperidine rings is 1. The second kappa shape index (κ2) is 9.33. The average Bonchev–Trinajstić information content (AvgIpc) is 3.20. The Morgan fingerprint density at radius 3 is 2.66 bits per heavy atom. The van der Waals surface area contributed by atoms with Crippen LogP contribution in [0.1, 0.15) is 47.6 Å². The largest absolute Gasteiger partial charge is 0.481 e. The number of methoxy groups -OCH3 is 1. The Hall–Kier alpha value is -3.49. The van der Waals surface area contributed by atoms with E-state index in [1.807, 2.05) is 17.9 Å². The molecule has 0 bridgehead atoms. The van der Waals surface area contributed by atoms with Crippen molar-refractivity contribution >= 4 is 17.2 Å². The molecule has 1 aliphatic heterocycles. The van der Waals surface area contributed by atoms with Crippen molar-refractivity contribution in [3.8, 4) is 5.88 Å². The molecule has 0 aliphatic carbocycles. The molecule has 0 unspecified atom stereocenters. The lowest BCUT2D eigenvalue weighted by atomic mass is 9.89. The van der Waals surface area contributed by atoms with Crippen molar-refractivity contribution in [2.24, 2.45) is 5.92 Å². The van der Waals surface area contributed by atoms with Crippen LogP contribution in [0.15, 0.2) is 35.3 Å². The third kappa shape index (κ3) is 4.56. The number of Topliss-reactive ketones (excluding diaryl/α,β-unsaturated/α-hetero) is 1. The molecule has 0 radical (unpaired) electrons. The number of likely N-dealkylation sites (tertiary alicyclic amines) is 1. The number of nitrogens with one attached hydrogen (secondary N) is 1. The number of fused-ring (bicyclic) bond motifs is 1. The maximum absolute atomic E-state index is 12.7. The van der Waals surface area contributed by atoms with E-state index in [0.717, 1.165) is 5.69 Å². The average molecular weight is 438 g/mol. The molecule has 32 heavy (non-hydrogen) atoms. The summed E-state index contributed by atoms with van der Waals surface area (Å²) in [4.78, 5) is 46.2. The van der Waals surface area contributed by atoms with Crippen LogP contribution in [0, 0.1) is 12.8 Å². The Balaban J connectivity index is 1.26. The Morgan fingerprint density at radius 1 is 1.19 bits per heavy atom. The minimum atomic E-state index is -0.173. The van der Waals surface area contributed by atoms with Crippen LogP contribution in [0.5, 0.6) is 5.88 Å². The molecule has 168 valence electrons. The number of pyridine rings is 1. The number of carbonyl (C=O) groups is 2. The molecule has 4 heterocycles. The first-order valence-electron chi connectivity index (χ1n) is 10.9. The molecule has 9 heteroatoms. The van der Waals surface area contributed by atoms with Gasteiger partial charge in [-0.05, 0) is 44.4 Å². The summed E-state index contributed by atoms with van der Waals surface area (Å²) >= 11 is 0. The number of hydrogen-bond acceptors (Lipinski definition) is 6. The normalized spacial score (nSPS) is 14.6. The van der Waals surface area contributed by atoms with Gasteiger partial charge in [0.05, 0.1) is 7.11 Å². The highest BCUT2D eigenvalue weighted by atomic mass is 16.5. The minimum absolute atomic E-state index is 0.0676. The van der Waals surface area contributed by atoms with Crippen molar-refractivity contribution in [3.63, 3.8) is 0 Å². The van der Waals surface area contributed by atoms with Crippen LogP contribution >= 0.6 is 0 Å². The maximum atomic E-state index is 12.7. The number of rotatable bonds is 7. The molecule has 1 N–H and O–H groups in total. The lowest BCUT2D eigenvalue weighted by Gasteiger charge is -2.31. The molecular weight excluding hydrogens is 410 g/mol. The number of aromatic amines is 1. The predicted octanol–water partition coefficient (Wildman–Crippen LogP) is 2.18. The summed E-state index contributed by atoms with van der Waals surface area (Å²) in [5.41, 5.74) is 1.82. The molecular formula is C23H27N5O4. The number of carbonyl (C=O) groups excluding carboxylic acids is 2. The number of ketones is 1. The fourth-order valence-electron chi connectivity index (χ4n) is 4.13. The fourth-order valence-corrected chi connectivity index (χ4v) is 4.13. The first kappa shape index (κ1) is 21.7. The van der Waals surface area contributed by atoms with Crippen molar-refractivity contribution in [1.29, 1.82) is 0 Å². The standard InChI is InChI=1S/C23H27N5O4/c1-15-6-8-18-23(31)25-19(26-28(15)18)4-3-5-21(29)27-12-10-16(11-13-27)22(30)17-7-9-20(32-2)24-14-17/h6-9,14,16H,3-5,10-13H2,1-2H3,(H,25,26,31). The molecule has 0 atom stereocenters. The number of amides is 1. The second-order valence-electron chi connectivity index (χ2n) is 8.13. The zero-order valence-electron chi connectivity index (χ0n) is 18.3. The molecule has 3 aromatic rings. The third-order valence-electron chi connectivity index (χ3n) is 6.01. The van der Waals surface area contributed by atoms with E-state index in [4.69, 9.17) is 4.74 Å². The van der Waals surface area contributed by atoms with Gasteiger partial charge in [-0.3, -0.25) is 14.4 Å². The fraction of sp³-hybridized carbons (Fsp3) is 0.435. The Bertz CT molecular complexity index is 1170. The minimum Gasteiger partial charge on any atom is -0.481 e. The van der Waals surface area contributed by atoms with Crippen LogP contribution in [-0.4, -0.2) is 56.4 Å². The molecule has 1 amide bonds. The van der Waals surface area contributed by atoms with E-state index in [1.165, 1.54) is 7.11 Å². The number of ether oxygens (including phenoxy) is 1. The SMILES string of the molecule is COc1ccc(C(=O)C2CCN(C(=O)CCCc3nn4c(C)ccc4c(=O)[nH]3)CC2)cn1. The van der Waals surface area contributed by atoms with Crippen molar-refractivity contribution in [2.45, 2.75) is 39.0 Å². The van der Waals surface area contributed by atoms with Crippen LogP contribution in [0.25, 0.3) is 5.52 Å². The molecule has 9 nitrogen and oxygen atoms in total. The number of H-pyrrole nitrogens is 1. The number of nitrogens with zero attached hydrogens (tertiary/aromatic N) is 4. The molecule has 1 saturated heterocycles. The number of aromatic nitrogens is 4. The molecule has 0 spiro atoms. The smallest absolute Gasteiger partial charge is 0.275 e. The van der Waals surface area contributed by atoms with E-state index in [0.29, 0.717) is 68.0 Å². The Kier molecular flexibility index (Phi) is 6.34. The molecule has 0 aromatic carbocycles. The highest BCUT2D eigenvalue weighted by Gasteiger charge is 2.28. The molecule has 1 fully saturated rings. The van der Waals surface area contributed by atoms with Gasteiger partial charge in [0.15, 0.2) is 5.78 Å². The summed E-state index contributed by atoms with van der Waals surface area (Å²) in [6.45, 7) is 3.04. The summed E-state index contributed by atoms with van der Waals surface area (Å²) in [5.74, 6) is 1.09. The molecule has 4 rings (SSSR count). The van der Waals surface area contributed by atoms with E-state index >= 15 is 0 Å². The second-order valence-corrected chi connectivity index (χ2v) is 8.13. The van der Waals surface area contributed by atoms with Crippen LogP contribution in [0.3, 0.4) is 0 Å². The van der Waals surface area contributed by atoms with Gasteiger partial charge < -0.3 is 14.6 Å². The first-order valence-corrected chi connectivity index (χ1v) is 10.9. The quantitative estimate of drug-likeness (QED) is 0.568. The molecule has 0 saturated carbocycles. The van der Waals surface area contributed by atoms with E-state index in [1.54, 1.807) is 28.9 Å². The summed E-state index contributed by atoms with van der Waals surface area (Å²) < 4.78 is 6.67. The summed E-state index contributed by atoms with van der Waals surface area (Å²) in [6.07, 6.45) is 4.35. The van der Waals surface area contributed by atoms with Crippen molar-refractivity contribution in [1.82, 2.24) is 24.5 Å². The Morgan fingerprint density at radius 2 is 1.97 bits per heavy atom. The van der Waals surface area contributed by atoms with E-state index in [9.17, 15) is 14.4 Å². The van der Waals surface area contributed by atoms with Gasteiger partial charge in [-0.1, -0.05) is 0 Å². The van der Waals surface area contributed by atoms with Gasteiger partial charge in [-0.15, -0.1) is 0 Å². The summed E-state index contributed by atoms with van der Waals surface area (Å²) in [7, 11) is 1.54. The van der Waals surface area contributed by atoms with Crippen molar-refractivity contribution in [2.75, 3.05) is 20.2 Å². The highest BCUT2D eigenvalue weighted by Crippen LogP contribution is 2.23. The van der Waals surface area contributed by atoms with Gasteiger partial charge in [-0.2, -0.15) is 5.10 Å². The van der Waals surface area contributed by atoms with E-state index < -0.39 is 0 Å². The van der Waals surface area contributed by atoms with Crippen LogP contribution < -0.4 is 10.3 Å². The molecule has 3 aromatic heterocycles. The zero-order valence-corrected chi connectivity index (χ0v) is 18.3. The highest BCUT2D eigenvalue weighted by molar-refractivity contribution is 5.97. The maximum Gasteiger partial charge on any atom is 0.275 e. The summed E-state index contributed by atoms with van der Waals surface area (Å²) in [6, 6.07) is 7.01. The number of hydrogen-bond donors (Lipinski definition) is 1. The summed E-state index contributed by atoms with van der Waals surface area (Å²) in [5, 5.41) is 4.46. The van der Waals surface area contributed by atoms with Crippen LogP contribution in [-0.2, 0) is 11.2 Å². The first-order chi connectivity index (χ1) is 15.5. The monoisotopic (exact) mass is 437 g/mol. The van der Waals surface area contributed by atoms with Gasteiger partial charge in [0.2, 0.25) is 11.8 Å². The van der Waals surface area contributed by atoms with Crippen LogP contribution in [0.2, 0.25) is 0 Å². The predicted molar refractivity (Wildman–Crippen MR) is 118 cm³/mol. The van der Waals surface area contributed by atoms with Gasteiger partial charge >= 0.3 is 0 Å². The van der Waals surface area contributed by atoms with Gasteiger partial charge in [-0.25, -0.2) is 9.50 Å². The van der Waals surface area contributed by atoms with Gasteiger partial charge in [0.25, 0.3) is 5.56 Å². The lowest BCUT2D eigenvalue weighted by Crippen LogP contribution is -2.40. The van der Waals surface area contributed by atoms with E-state index in [-0.39, 0.29) is 23.2 Å². The lowest BCUT2D eigenvalue weighted by molar-refractivity contribution is -0.132.